The molecule has 16 heavy (non-hydrogen) atoms. The number of carbonyl (C=O) groups is 1. The highest BCUT2D eigenvalue weighted by Crippen LogP contribution is 2.26. The number of hydrogen-bond donors (Lipinski definition) is 1. The molecular weight excluding hydrogens is 204 g/mol. The molecule has 3 nitrogen and oxygen atoms in total. The lowest BCUT2D eigenvalue weighted by molar-refractivity contribution is 0.0284. The van der Waals surface area contributed by atoms with Crippen LogP contribution < -0.4 is 4.74 Å². The summed E-state index contributed by atoms with van der Waals surface area (Å²) in [7, 11) is 0. The molecule has 0 heterocycles. The minimum absolute atomic E-state index is 0.212. The molecule has 1 N–H and O–H groups in total. The van der Waals surface area contributed by atoms with Crippen molar-refractivity contribution in [2.24, 2.45) is 0 Å². The molecule has 0 atom stereocenters. The summed E-state index contributed by atoms with van der Waals surface area (Å²) in [6.45, 7) is 3.65. The van der Waals surface area contributed by atoms with E-state index in [1.807, 2.05) is 12.1 Å². The molecule has 0 fully saturated rings. The Bertz CT molecular complexity index is 416. The number of aryl methyl sites for hydroxylation is 1. The number of hydrogen-bond acceptors (Lipinski definition) is 3. The summed E-state index contributed by atoms with van der Waals surface area (Å²) < 4.78 is 5.47. The van der Waals surface area contributed by atoms with E-state index in [0.29, 0.717) is 6.42 Å². The van der Waals surface area contributed by atoms with E-state index < -0.39 is 5.60 Å². The Kier molecular flexibility index (Phi) is 2.72. The maximum Gasteiger partial charge on any atom is 0.163 e. The van der Waals surface area contributed by atoms with Crippen LogP contribution in [0.5, 0.6) is 5.75 Å². The molecule has 0 unspecified atom stereocenters. The molecule has 3 heteroatoms. The molecule has 1 aromatic rings. The molecular formula is C13H16O3. The second-order valence-electron chi connectivity index (χ2n) is 4.84. The third kappa shape index (κ3) is 2.42. The Morgan fingerprint density at radius 2 is 2.12 bits per heavy atom. The van der Waals surface area contributed by atoms with E-state index in [1.165, 1.54) is 0 Å². The van der Waals surface area contributed by atoms with E-state index in [9.17, 15) is 9.90 Å². The van der Waals surface area contributed by atoms with E-state index in [-0.39, 0.29) is 12.4 Å². The number of fused-ring (bicyclic) bond motifs is 1. The second kappa shape index (κ2) is 3.91. The lowest BCUT2D eigenvalue weighted by Crippen LogP contribution is -2.27. The van der Waals surface area contributed by atoms with Gasteiger partial charge in [0.25, 0.3) is 0 Å². The maximum atomic E-state index is 11.4. The van der Waals surface area contributed by atoms with E-state index >= 15 is 0 Å². The van der Waals surface area contributed by atoms with Crippen molar-refractivity contribution in [3.8, 4) is 5.75 Å². The van der Waals surface area contributed by atoms with Crippen LogP contribution in [0.2, 0.25) is 0 Å². The zero-order valence-corrected chi connectivity index (χ0v) is 9.62. The topological polar surface area (TPSA) is 46.5 Å². The third-order valence-electron chi connectivity index (χ3n) is 2.59. The van der Waals surface area contributed by atoms with Gasteiger partial charge in [0, 0.05) is 12.0 Å². The Morgan fingerprint density at radius 3 is 2.81 bits per heavy atom. The van der Waals surface area contributed by atoms with Gasteiger partial charge in [0.2, 0.25) is 0 Å². The van der Waals surface area contributed by atoms with Crippen LogP contribution in [0.3, 0.4) is 0 Å². The SMILES string of the molecule is CC(C)(O)COc1ccc2c(c1)CCC2=O. The van der Waals surface area contributed by atoms with Crippen LogP contribution in [0.25, 0.3) is 0 Å². The summed E-state index contributed by atoms with van der Waals surface area (Å²) in [5, 5.41) is 9.54. The molecule has 1 aliphatic carbocycles. The van der Waals surface area contributed by atoms with Crippen molar-refractivity contribution >= 4 is 5.78 Å². The lowest BCUT2D eigenvalue weighted by Gasteiger charge is -2.18. The molecule has 0 spiro atoms. The van der Waals surface area contributed by atoms with Gasteiger partial charge in [-0.25, -0.2) is 0 Å². The van der Waals surface area contributed by atoms with Gasteiger partial charge < -0.3 is 9.84 Å². The first-order chi connectivity index (χ1) is 7.46. The van der Waals surface area contributed by atoms with Gasteiger partial charge >= 0.3 is 0 Å². The van der Waals surface area contributed by atoms with E-state index in [0.717, 1.165) is 23.3 Å². The number of aliphatic hydroxyl groups is 1. The summed E-state index contributed by atoms with van der Waals surface area (Å²) in [4.78, 5) is 11.4. The Hall–Kier alpha value is -1.35. The summed E-state index contributed by atoms with van der Waals surface area (Å²) >= 11 is 0. The van der Waals surface area contributed by atoms with Gasteiger partial charge in [0.05, 0.1) is 5.60 Å². The van der Waals surface area contributed by atoms with Gasteiger partial charge in [-0.3, -0.25) is 4.79 Å². The van der Waals surface area contributed by atoms with Crippen molar-refractivity contribution in [2.75, 3.05) is 6.61 Å². The van der Waals surface area contributed by atoms with Crippen LogP contribution in [0.1, 0.15) is 36.2 Å². The quantitative estimate of drug-likeness (QED) is 0.847. The zero-order valence-electron chi connectivity index (χ0n) is 9.62. The maximum absolute atomic E-state index is 11.4. The normalized spacial score (nSPS) is 15.1. The fourth-order valence-electron chi connectivity index (χ4n) is 1.78. The first-order valence-electron chi connectivity index (χ1n) is 5.47. The van der Waals surface area contributed by atoms with Crippen LogP contribution in [0.15, 0.2) is 18.2 Å². The number of ketones is 1. The number of Topliss-reactive ketones (excluding diaryl/α,β-unsaturated/α-hetero) is 1. The van der Waals surface area contributed by atoms with Crippen molar-refractivity contribution in [3.05, 3.63) is 29.3 Å². The number of benzene rings is 1. The first-order valence-corrected chi connectivity index (χ1v) is 5.47. The van der Waals surface area contributed by atoms with Crippen molar-refractivity contribution in [2.45, 2.75) is 32.3 Å². The molecule has 0 amide bonds. The number of ether oxygens (including phenoxy) is 1. The molecule has 2 rings (SSSR count). The van der Waals surface area contributed by atoms with Crippen molar-refractivity contribution in [1.29, 1.82) is 0 Å². The van der Waals surface area contributed by atoms with Crippen molar-refractivity contribution in [1.82, 2.24) is 0 Å². The molecule has 0 aromatic heterocycles. The van der Waals surface area contributed by atoms with Crippen LogP contribution in [-0.2, 0) is 6.42 Å². The Labute approximate surface area is 95.0 Å². The van der Waals surface area contributed by atoms with Crippen LogP contribution >= 0.6 is 0 Å². The minimum Gasteiger partial charge on any atom is -0.491 e. The lowest BCUT2D eigenvalue weighted by atomic mass is 10.1. The Morgan fingerprint density at radius 1 is 1.38 bits per heavy atom. The highest BCUT2D eigenvalue weighted by molar-refractivity contribution is 6.00. The molecule has 1 aromatic carbocycles. The molecule has 1 aliphatic rings. The predicted octanol–water partition coefficient (Wildman–Crippen LogP) is 1.97. The van der Waals surface area contributed by atoms with Gasteiger partial charge in [-0.2, -0.15) is 0 Å². The van der Waals surface area contributed by atoms with Crippen LogP contribution in [-0.4, -0.2) is 23.1 Å². The first kappa shape index (κ1) is 11.1. The van der Waals surface area contributed by atoms with Gasteiger partial charge in [-0.1, -0.05) is 0 Å². The zero-order chi connectivity index (χ0) is 11.8. The fraction of sp³-hybridized carbons (Fsp3) is 0.462. The predicted molar refractivity (Wildman–Crippen MR) is 60.9 cm³/mol. The monoisotopic (exact) mass is 220 g/mol. The summed E-state index contributed by atoms with van der Waals surface area (Å²) in [5.74, 6) is 0.930. The molecule has 86 valence electrons. The molecule has 0 saturated carbocycles. The van der Waals surface area contributed by atoms with E-state index in [4.69, 9.17) is 4.74 Å². The Balaban J connectivity index is 2.11. The average Bonchev–Trinajstić information content (AvgIpc) is 2.56. The summed E-state index contributed by atoms with van der Waals surface area (Å²) in [6, 6.07) is 5.49. The van der Waals surface area contributed by atoms with Gasteiger partial charge in [-0.15, -0.1) is 0 Å². The van der Waals surface area contributed by atoms with E-state index in [1.54, 1.807) is 19.9 Å². The highest BCUT2D eigenvalue weighted by Gasteiger charge is 2.20. The minimum atomic E-state index is -0.838. The van der Waals surface area contributed by atoms with E-state index in [2.05, 4.69) is 0 Å². The largest absolute Gasteiger partial charge is 0.491 e. The van der Waals surface area contributed by atoms with Crippen molar-refractivity contribution < 1.29 is 14.6 Å². The fourth-order valence-corrected chi connectivity index (χ4v) is 1.78. The van der Waals surface area contributed by atoms with Crippen LogP contribution in [0.4, 0.5) is 0 Å². The van der Waals surface area contributed by atoms with Gasteiger partial charge in [-0.05, 0) is 44.0 Å². The third-order valence-corrected chi connectivity index (χ3v) is 2.59. The molecule has 0 bridgehead atoms. The standard InChI is InChI=1S/C13H16O3/c1-13(2,15)8-16-10-4-5-11-9(7-10)3-6-12(11)14/h4-5,7,15H,3,6,8H2,1-2H3. The second-order valence-corrected chi connectivity index (χ2v) is 4.84. The van der Waals surface area contributed by atoms with Gasteiger partial charge in [0.15, 0.2) is 5.78 Å². The number of carbonyl (C=O) groups excluding carboxylic acids is 1. The molecule has 0 radical (unpaired) electrons. The average molecular weight is 220 g/mol. The number of rotatable bonds is 3. The highest BCUT2D eigenvalue weighted by atomic mass is 16.5. The summed E-state index contributed by atoms with van der Waals surface area (Å²) in [5.41, 5.74) is 1.03. The summed E-state index contributed by atoms with van der Waals surface area (Å²) in [6.07, 6.45) is 1.40. The van der Waals surface area contributed by atoms with Gasteiger partial charge in [0.1, 0.15) is 12.4 Å². The molecule has 0 aliphatic heterocycles. The smallest absolute Gasteiger partial charge is 0.163 e. The van der Waals surface area contributed by atoms with Crippen molar-refractivity contribution in [3.63, 3.8) is 0 Å². The molecule has 0 saturated heterocycles. The van der Waals surface area contributed by atoms with Crippen LogP contribution in [0, 0.1) is 0 Å².